The first-order valence-corrected chi connectivity index (χ1v) is 9.93. The average Bonchev–Trinajstić information content (AvgIpc) is 3.19. The van der Waals surface area contributed by atoms with Crippen LogP contribution in [0.5, 0.6) is 0 Å². The Kier molecular flexibility index (Phi) is 7.19. The van der Waals surface area contributed by atoms with Crippen LogP contribution in [0.1, 0.15) is 47.7 Å². The summed E-state index contributed by atoms with van der Waals surface area (Å²) in [6.45, 7) is 5.89. The van der Waals surface area contributed by atoms with Gasteiger partial charge < -0.3 is 9.73 Å². The number of nitrogens with zero attached hydrogens (tertiary/aromatic N) is 1. The summed E-state index contributed by atoms with van der Waals surface area (Å²) in [5, 5.41) is 2.92. The summed E-state index contributed by atoms with van der Waals surface area (Å²) in [6.07, 6.45) is 0.863. The Morgan fingerprint density at radius 2 is 1.62 bits per heavy atom. The van der Waals surface area contributed by atoms with E-state index in [1.165, 1.54) is 17.7 Å². The van der Waals surface area contributed by atoms with E-state index in [0.717, 1.165) is 17.7 Å². The number of furan rings is 1. The molecule has 152 valence electrons. The first-order chi connectivity index (χ1) is 14.0. The molecule has 4 nitrogen and oxygen atoms in total. The van der Waals surface area contributed by atoms with Crippen molar-refractivity contribution in [2.75, 3.05) is 0 Å². The van der Waals surface area contributed by atoms with Gasteiger partial charge in [-0.3, -0.25) is 9.69 Å². The van der Waals surface area contributed by atoms with Gasteiger partial charge in [-0.1, -0.05) is 49.4 Å². The average molecular weight is 394 g/mol. The number of nitrogens with one attached hydrogen (secondary N) is 1. The van der Waals surface area contributed by atoms with Gasteiger partial charge in [0.15, 0.2) is 5.76 Å². The van der Waals surface area contributed by atoms with Crippen LogP contribution in [-0.4, -0.2) is 16.8 Å². The minimum atomic E-state index is -0.244. The fourth-order valence-corrected chi connectivity index (χ4v) is 3.06. The lowest BCUT2D eigenvalue weighted by atomic mass is 10.1. The van der Waals surface area contributed by atoms with Crippen LogP contribution in [0.3, 0.4) is 0 Å². The molecule has 0 bridgehead atoms. The molecule has 29 heavy (non-hydrogen) atoms. The monoisotopic (exact) mass is 394 g/mol. The minimum Gasteiger partial charge on any atom is -0.455 e. The van der Waals surface area contributed by atoms with E-state index in [2.05, 4.69) is 22.3 Å². The quantitative estimate of drug-likeness (QED) is 0.546. The van der Waals surface area contributed by atoms with Crippen LogP contribution in [0.15, 0.2) is 71.1 Å². The lowest BCUT2D eigenvalue weighted by molar-refractivity contribution is 0.0906. The lowest BCUT2D eigenvalue weighted by Gasteiger charge is -2.21. The minimum absolute atomic E-state index is 0.101. The number of amides is 1. The summed E-state index contributed by atoms with van der Waals surface area (Å²) < 4.78 is 19.0. The maximum Gasteiger partial charge on any atom is 0.287 e. The van der Waals surface area contributed by atoms with E-state index in [1.807, 2.05) is 38.1 Å². The molecule has 0 fully saturated rings. The third-order valence-corrected chi connectivity index (χ3v) is 4.82. The van der Waals surface area contributed by atoms with E-state index >= 15 is 0 Å². The van der Waals surface area contributed by atoms with Crippen molar-refractivity contribution in [2.45, 2.75) is 45.9 Å². The standard InChI is InChI=1S/C24H27FN2O2/c1-3-18(2)26-24(28)23-14-13-22(29-23)17-27(15-19-7-5-4-6-8-19)16-20-9-11-21(25)12-10-20/h4-14,18H,3,15-17H2,1-2H3,(H,26,28)/t18-/m1/s1. The fourth-order valence-electron chi connectivity index (χ4n) is 3.06. The van der Waals surface area contributed by atoms with Gasteiger partial charge in [-0.05, 0) is 48.7 Å². The maximum absolute atomic E-state index is 13.2. The molecule has 3 rings (SSSR count). The highest BCUT2D eigenvalue weighted by Gasteiger charge is 2.15. The molecule has 0 aliphatic rings. The SMILES string of the molecule is CC[C@@H](C)NC(=O)c1ccc(CN(Cc2ccccc2)Cc2ccc(F)cc2)o1. The number of hydrogen-bond donors (Lipinski definition) is 1. The number of carbonyl (C=O) groups excluding carboxylic acids is 1. The maximum atomic E-state index is 13.2. The van der Waals surface area contributed by atoms with Crippen molar-refractivity contribution in [1.82, 2.24) is 10.2 Å². The van der Waals surface area contributed by atoms with Crippen LogP contribution in [-0.2, 0) is 19.6 Å². The summed E-state index contributed by atoms with van der Waals surface area (Å²) in [6, 6.07) is 20.3. The molecule has 1 amide bonds. The van der Waals surface area contributed by atoms with Crippen molar-refractivity contribution in [3.63, 3.8) is 0 Å². The topological polar surface area (TPSA) is 45.5 Å². The van der Waals surface area contributed by atoms with Gasteiger partial charge in [0, 0.05) is 19.1 Å². The van der Waals surface area contributed by atoms with Crippen molar-refractivity contribution >= 4 is 5.91 Å². The third kappa shape index (κ3) is 6.29. The molecule has 0 saturated carbocycles. The van der Waals surface area contributed by atoms with Crippen molar-refractivity contribution in [1.29, 1.82) is 0 Å². The predicted octanol–water partition coefficient (Wildman–Crippen LogP) is 5.15. The van der Waals surface area contributed by atoms with E-state index in [4.69, 9.17) is 4.42 Å². The van der Waals surface area contributed by atoms with Gasteiger partial charge in [0.2, 0.25) is 0 Å². The van der Waals surface area contributed by atoms with Gasteiger partial charge in [0.25, 0.3) is 5.91 Å². The molecule has 3 aromatic rings. The van der Waals surface area contributed by atoms with Crippen molar-refractivity contribution in [3.05, 3.63) is 95.2 Å². The van der Waals surface area contributed by atoms with E-state index in [-0.39, 0.29) is 17.8 Å². The molecular weight excluding hydrogens is 367 g/mol. The number of carbonyl (C=O) groups is 1. The van der Waals surface area contributed by atoms with Gasteiger partial charge >= 0.3 is 0 Å². The normalized spacial score (nSPS) is 12.1. The lowest BCUT2D eigenvalue weighted by Crippen LogP contribution is -2.31. The largest absolute Gasteiger partial charge is 0.455 e. The Hall–Kier alpha value is -2.92. The highest BCUT2D eigenvalue weighted by atomic mass is 19.1. The van der Waals surface area contributed by atoms with Crippen LogP contribution >= 0.6 is 0 Å². The Bertz CT molecular complexity index is 906. The second-order valence-electron chi connectivity index (χ2n) is 7.31. The summed E-state index contributed by atoms with van der Waals surface area (Å²) >= 11 is 0. The summed E-state index contributed by atoms with van der Waals surface area (Å²) in [5.41, 5.74) is 2.19. The molecule has 1 atom stereocenters. The Morgan fingerprint density at radius 3 is 2.28 bits per heavy atom. The number of hydrogen-bond acceptors (Lipinski definition) is 3. The first kappa shape index (κ1) is 20.8. The molecule has 0 spiro atoms. The van der Waals surface area contributed by atoms with Crippen LogP contribution in [0, 0.1) is 5.82 Å². The van der Waals surface area contributed by atoms with Crippen LogP contribution in [0.4, 0.5) is 4.39 Å². The summed E-state index contributed by atoms with van der Waals surface area (Å²) in [7, 11) is 0. The third-order valence-electron chi connectivity index (χ3n) is 4.82. The molecule has 5 heteroatoms. The van der Waals surface area contributed by atoms with Gasteiger partial charge in [-0.15, -0.1) is 0 Å². The molecular formula is C24H27FN2O2. The molecule has 0 saturated heterocycles. The molecule has 2 aromatic carbocycles. The smallest absolute Gasteiger partial charge is 0.287 e. The van der Waals surface area contributed by atoms with Crippen molar-refractivity contribution < 1.29 is 13.6 Å². The number of halogens is 1. The summed E-state index contributed by atoms with van der Waals surface area (Å²) in [5.74, 6) is 0.601. The fraction of sp³-hybridized carbons (Fsp3) is 0.292. The van der Waals surface area contributed by atoms with Gasteiger partial charge in [0.05, 0.1) is 6.54 Å². The van der Waals surface area contributed by atoms with Gasteiger partial charge in [0.1, 0.15) is 11.6 Å². The van der Waals surface area contributed by atoms with Crippen molar-refractivity contribution in [2.24, 2.45) is 0 Å². The Morgan fingerprint density at radius 1 is 0.966 bits per heavy atom. The highest BCUT2D eigenvalue weighted by Crippen LogP contribution is 2.17. The second kappa shape index (κ2) is 10.0. The van der Waals surface area contributed by atoms with Crippen LogP contribution < -0.4 is 5.32 Å². The summed E-state index contributed by atoms with van der Waals surface area (Å²) in [4.78, 5) is 14.5. The van der Waals surface area contributed by atoms with E-state index < -0.39 is 0 Å². The molecule has 1 N–H and O–H groups in total. The molecule has 0 aliphatic carbocycles. The van der Waals surface area contributed by atoms with Gasteiger partial charge in [-0.2, -0.15) is 0 Å². The molecule has 0 unspecified atom stereocenters. The number of benzene rings is 2. The highest BCUT2D eigenvalue weighted by molar-refractivity contribution is 5.91. The second-order valence-corrected chi connectivity index (χ2v) is 7.31. The predicted molar refractivity (Wildman–Crippen MR) is 112 cm³/mol. The van der Waals surface area contributed by atoms with Gasteiger partial charge in [-0.25, -0.2) is 4.39 Å². The Labute approximate surface area is 171 Å². The first-order valence-electron chi connectivity index (χ1n) is 9.93. The zero-order valence-corrected chi connectivity index (χ0v) is 16.9. The zero-order valence-electron chi connectivity index (χ0n) is 16.9. The molecule has 0 aliphatic heterocycles. The van der Waals surface area contributed by atoms with Crippen LogP contribution in [0.2, 0.25) is 0 Å². The van der Waals surface area contributed by atoms with E-state index in [9.17, 15) is 9.18 Å². The molecule has 0 radical (unpaired) electrons. The van der Waals surface area contributed by atoms with E-state index in [1.54, 1.807) is 18.2 Å². The molecule has 1 aromatic heterocycles. The van der Waals surface area contributed by atoms with Crippen molar-refractivity contribution in [3.8, 4) is 0 Å². The van der Waals surface area contributed by atoms with E-state index in [0.29, 0.717) is 25.4 Å². The zero-order chi connectivity index (χ0) is 20.6. The molecule has 1 heterocycles. The number of rotatable bonds is 9. The van der Waals surface area contributed by atoms with Crippen LogP contribution in [0.25, 0.3) is 0 Å². The Balaban J connectivity index is 1.72.